The van der Waals surface area contributed by atoms with E-state index < -0.39 is 6.04 Å². The monoisotopic (exact) mass is 400 g/mol. The van der Waals surface area contributed by atoms with E-state index in [0.29, 0.717) is 13.1 Å². The third-order valence-corrected chi connectivity index (χ3v) is 6.75. The van der Waals surface area contributed by atoms with E-state index >= 15 is 0 Å². The zero-order valence-electron chi connectivity index (χ0n) is 18.0. The second kappa shape index (κ2) is 7.31. The van der Waals surface area contributed by atoms with E-state index in [1.165, 1.54) is 12.5 Å². The van der Waals surface area contributed by atoms with E-state index in [1.54, 1.807) is 6.92 Å². The molecule has 0 aliphatic carbocycles. The molecular weight excluding hydrogens is 368 g/mol. The van der Waals surface area contributed by atoms with Crippen LogP contribution in [0.25, 0.3) is 0 Å². The van der Waals surface area contributed by atoms with E-state index in [-0.39, 0.29) is 41.5 Å². The first kappa shape index (κ1) is 20.2. The molecule has 2 saturated heterocycles. The molecule has 1 N–H and O–H groups in total. The summed E-state index contributed by atoms with van der Waals surface area (Å²) in [5.74, 6) is 1.27. The zero-order chi connectivity index (χ0) is 20.9. The molecule has 3 heterocycles. The van der Waals surface area contributed by atoms with Gasteiger partial charge in [0, 0.05) is 37.4 Å². The molecule has 158 valence electrons. The van der Waals surface area contributed by atoms with Crippen molar-refractivity contribution in [3.8, 4) is 5.75 Å². The summed E-state index contributed by atoms with van der Waals surface area (Å²) in [7, 11) is 0. The predicted molar refractivity (Wildman–Crippen MR) is 110 cm³/mol. The molecule has 0 unspecified atom stereocenters. The Morgan fingerprint density at radius 1 is 1.31 bits per heavy atom. The van der Waals surface area contributed by atoms with Crippen LogP contribution in [0, 0.1) is 18.8 Å². The Morgan fingerprint density at radius 3 is 2.79 bits per heavy atom. The maximum atomic E-state index is 12.8. The number of fused-ring (bicyclic) bond motifs is 4. The summed E-state index contributed by atoms with van der Waals surface area (Å²) in [5.41, 5.74) is 2.01. The van der Waals surface area contributed by atoms with Crippen molar-refractivity contribution in [3.63, 3.8) is 0 Å². The Morgan fingerprint density at radius 2 is 2.07 bits per heavy atom. The number of carbonyl (C=O) groups excluding carboxylic acids is 2. The van der Waals surface area contributed by atoms with Crippen molar-refractivity contribution >= 4 is 11.8 Å². The van der Waals surface area contributed by atoms with Crippen LogP contribution in [0.4, 0.5) is 0 Å². The standard InChI is InChI=1S/C23H32N2O4/c1-13-6-7-17-20(10-13)29-23(4,5)18-11-16-12-25(9-8-19(16)28-21(17)18)22(27)14(2)24-15(3)26/h6-7,10,14,16,18-19,21H,8-9,11-12H2,1-5H3,(H,24,26)/t14-,16+,18-,19-,21+/m1/s1. The smallest absolute Gasteiger partial charge is 0.244 e. The highest BCUT2D eigenvalue weighted by Crippen LogP contribution is 2.53. The number of hydrogen-bond donors (Lipinski definition) is 1. The van der Waals surface area contributed by atoms with Gasteiger partial charge in [-0.3, -0.25) is 9.59 Å². The molecule has 2 amide bonds. The molecule has 0 saturated carbocycles. The number of ether oxygens (including phenoxy) is 2. The van der Waals surface area contributed by atoms with Crippen molar-refractivity contribution in [1.82, 2.24) is 10.2 Å². The van der Waals surface area contributed by atoms with E-state index in [1.807, 2.05) is 4.90 Å². The molecular formula is C23H32N2O4. The molecule has 5 atom stereocenters. The van der Waals surface area contributed by atoms with Gasteiger partial charge in [-0.15, -0.1) is 0 Å². The molecule has 4 rings (SSSR count). The van der Waals surface area contributed by atoms with E-state index in [4.69, 9.17) is 9.47 Å². The van der Waals surface area contributed by atoms with Crippen LogP contribution in [0.3, 0.4) is 0 Å². The van der Waals surface area contributed by atoms with Gasteiger partial charge < -0.3 is 19.7 Å². The molecule has 3 aliphatic heterocycles. The molecule has 0 bridgehead atoms. The summed E-state index contributed by atoms with van der Waals surface area (Å²) >= 11 is 0. The fourth-order valence-electron chi connectivity index (χ4n) is 5.25. The van der Waals surface area contributed by atoms with Crippen LogP contribution in [0.15, 0.2) is 18.2 Å². The third-order valence-electron chi connectivity index (χ3n) is 6.75. The van der Waals surface area contributed by atoms with Crippen LogP contribution in [-0.2, 0) is 14.3 Å². The number of hydrogen-bond acceptors (Lipinski definition) is 4. The first-order chi connectivity index (χ1) is 13.7. The fourth-order valence-corrected chi connectivity index (χ4v) is 5.25. The molecule has 0 radical (unpaired) electrons. The van der Waals surface area contributed by atoms with Crippen molar-refractivity contribution in [2.24, 2.45) is 11.8 Å². The van der Waals surface area contributed by atoms with Gasteiger partial charge in [-0.05, 0) is 52.2 Å². The summed E-state index contributed by atoms with van der Waals surface area (Å²) in [6.07, 6.45) is 1.98. The lowest BCUT2D eigenvalue weighted by molar-refractivity contribution is -0.189. The number of rotatable bonds is 2. The maximum Gasteiger partial charge on any atom is 0.244 e. The van der Waals surface area contributed by atoms with Crippen molar-refractivity contribution < 1.29 is 19.1 Å². The van der Waals surface area contributed by atoms with Crippen LogP contribution in [0.2, 0.25) is 0 Å². The van der Waals surface area contributed by atoms with Gasteiger partial charge >= 0.3 is 0 Å². The van der Waals surface area contributed by atoms with E-state index in [0.717, 1.165) is 24.2 Å². The second-order valence-corrected chi connectivity index (χ2v) is 9.44. The highest BCUT2D eigenvalue weighted by Gasteiger charge is 2.51. The molecule has 2 fully saturated rings. The number of benzene rings is 1. The number of amides is 2. The summed E-state index contributed by atoms with van der Waals surface area (Å²) < 4.78 is 13.1. The lowest BCUT2D eigenvalue weighted by atomic mass is 9.70. The minimum Gasteiger partial charge on any atom is -0.487 e. The van der Waals surface area contributed by atoms with E-state index in [2.05, 4.69) is 44.3 Å². The number of piperidine rings is 1. The van der Waals surface area contributed by atoms with Gasteiger partial charge in [-0.2, -0.15) is 0 Å². The predicted octanol–water partition coefficient (Wildman–Crippen LogP) is 2.99. The SMILES string of the molecule is CC(=O)N[C@H](C)C(=O)N1CC[C@H]2O[C@H]3c4ccc(C)cc4OC(C)(C)[C@@H]3C[C@H]2C1. The van der Waals surface area contributed by atoms with Gasteiger partial charge in [-0.25, -0.2) is 0 Å². The summed E-state index contributed by atoms with van der Waals surface area (Å²) in [6, 6.07) is 5.88. The topological polar surface area (TPSA) is 67.9 Å². The highest BCUT2D eigenvalue weighted by molar-refractivity contribution is 5.86. The second-order valence-electron chi connectivity index (χ2n) is 9.44. The normalized spacial score (nSPS) is 30.9. The Labute approximate surface area is 172 Å². The number of likely N-dealkylation sites (tertiary alicyclic amines) is 1. The number of nitrogens with zero attached hydrogens (tertiary/aromatic N) is 1. The van der Waals surface area contributed by atoms with Crippen molar-refractivity contribution in [3.05, 3.63) is 29.3 Å². The van der Waals surface area contributed by atoms with Crippen LogP contribution in [0.5, 0.6) is 5.75 Å². The summed E-state index contributed by atoms with van der Waals surface area (Å²) in [4.78, 5) is 26.0. The number of nitrogens with one attached hydrogen (secondary N) is 1. The number of aryl methyl sites for hydroxylation is 1. The van der Waals surface area contributed by atoms with Crippen molar-refractivity contribution in [2.45, 2.75) is 71.3 Å². The summed E-state index contributed by atoms with van der Waals surface area (Å²) in [5, 5.41) is 2.70. The van der Waals surface area contributed by atoms with Gasteiger partial charge in [0.05, 0.1) is 12.2 Å². The minimum atomic E-state index is -0.495. The van der Waals surface area contributed by atoms with Crippen LogP contribution < -0.4 is 10.1 Å². The Hall–Kier alpha value is -2.08. The molecule has 1 aromatic rings. The molecule has 3 aliphatic rings. The van der Waals surface area contributed by atoms with Gasteiger partial charge in [0.1, 0.15) is 17.4 Å². The fraction of sp³-hybridized carbons (Fsp3) is 0.652. The molecule has 0 spiro atoms. The van der Waals surface area contributed by atoms with Crippen molar-refractivity contribution in [1.29, 1.82) is 0 Å². The van der Waals surface area contributed by atoms with E-state index in [9.17, 15) is 9.59 Å². The maximum absolute atomic E-state index is 12.8. The zero-order valence-corrected chi connectivity index (χ0v) is 18.0. The Balaban J connectivity index is 1.52. The molecule has 0 aromatic heterocycles. The van der Waals surface area contributed by atoms with Crippen LogP contribution in [-0.4, -0.2) is 47.6 Å². The van der Waals surface area contributed by atoms with Crippen LogP contribution >= 0.6 is 0 Å². The average Bonchev–Trinajstić information content (AvgIpc) is 2.64. The first-order valence-corrected chi connectivity index (χ1v) is 10.7. The number of carbonyl (C=O) groups is 2. The third kappa shape index (κ3) is 3.75. The van der Waals surface area contributed by atoms with Gasteiger partial charge in [0.15, 0.2) is 0 Å². The van der Waals surface area contributed by atoms with Crippen molar-refractivity contribution in [2.75, 3.05) is 13.1 Å². The largest absolute Gasteiger partial charge is 0.487 e. The molecule has 6 heteroatoms. The quantitative estimate of drug-likeness (QED) is 0.829. The summed E-state index contributed by atoms with van der Waals surface area (Å²) in [6.45, 7) is 10.9. The Kier molecular flexibility index (Phi) is 5.09. The average molecular weight is 401 g/mol. The minimum absolute atomic E-state index is 0.0132. The lowest BCUT2D eigenvalue weighted by Crippen LogP contribution is -2.57. The van der Waals surface area contributed by atoms with Gasteiger partial charge in [0.2, 0.25) is 11.8 Å². The van der Waals surface area contributed by atoms with Gasteiger partial charge in [-0.1, -0.05) is 12.1 Å². The molecule has 6 nitrogen and oxygen atoms in total. The lowest BCUT2D eigenvalue weighted by Gasteiger charge is -2.53. The van der Waals surface area contributed by atoms with Crippen LogP contribution in [0.1, 0.15) is 57.8 Å². The molecule has 29 heavy (non-hydrogen) atoms. The van der Waals surface area contributed by atoms with Gasteiger partial charge in [0.25, 0.3) is 0 Å². The highest BCUT2D eigenvalue weighted by atomic mass is 16.5. The molecule has 1 aromatic carbocycles. The Bertz CT molecular complexity index is 821. The first-order valence-electron chi connectivity index (χ1n) is 10.7.